The fourth-order valence-corrected chi connectivity index (χ4v) is 3.18. The van der Waals surface area contributed by atoms with E-state index in [1.807, 2.05) is 13.8 Å². The number of hydrogen-bond donors (Lipinski definition) is 0. The van der Waals surface area contributed by atoms with Crippen LogP contribution < -0.4 is 4.90 Å². The maximum absolute atomic E-state index is 12.0. The van der Waals surface area contributed by atoms with Gasteiger partial charge in [0.25, 0.3) is 0 Å². The van der Waals surface area contributed by atoms with Crippen LogP contribution in [0.3, 0.4) is 0 Å². The van der Waals surface area contributed by atoms with Crippen molar-refractivity contribution < 1.29 is 19.0 Å². The van der Waals surface area contributed by atoms with Crippen LogP contribution >= 0.6 is 0 Å². The quantitative estimate of drug-likeness (QED) is 0.785. The summed E-state index contributed by atoms with van der Waals surface area (Å²) in [7, 11) is 1.36. The van der Waals surface area contributed by atoms with Gasteiger partial charge in [-0.25, -0.2) is 14.8 Å². The normalized spacial score (nSPS) is 28.0. The molecule has 23 heavy (non-hydrogen) atoms. The molecule has 7 heteroatoms. The molecule has 0 spiro atoms. The molecule has 0 aromatic carbocycles. The van der Waals surface area contributed by atoms with E-state index in [0.717, 1.165) is 25.9 Å². The van der Waals surface area contributed by atoms with Gasteiger partial charge in [-0.05, 0) is 26.7 Å². The number of carbonyl (C=O) groups is 1. The van der Waals surface area contributed by atoms with Gasteiger partial charge in [-0.15, -0.1) is 0 Å². The summed E-state index contributed by atoms with van der Waals surface area (Å²) in [6.45, 7) is 6.22. The van der Waals surface area contributed by atoms with Crippen LogP contribution in [0.1, 0.15) is 48.8 Å². The summed E-state index contributed by atoms with van der Waals surface area (Å²) < 4.78 is 16.3. The molecule has 7 nitrogen and oxygen atoms in total. The third kappa shape index (κ3) is 3.45. The van der Waals surface area contributed by atoms with Gasteiger partial charge in [0.2, 0.25) is 5.95 Å². The lowest BCUT2D eigenvalue weighted by molar-refractivity contribution is -0.00578. The number of aromatic nitrogens is 2. The van der Waals surface area contributed by atoms with E-state index >= 15 is 0 Å². The number of rotatable bonds is 3. The van der Waals surface area contributed by atoms with E-state index in [9.17, 15) is 4.79 Å². The van der Waals surface area contributed by atoms with Crippen molar-refractivity contribution in [2.45, 2.75) is 45.0 Å². The topological polar surface area (TPSA) is 73.8 Å². The SMILES string of the molecule is COC(=O)c1cnc(N2CC(C)OC(C)C2)nc1C1CCCO1. The third-order valence-corrected chi connectivity index (χ3v) is 4.15. The van der Waals surface area contributed by atoms with Gasteiger partial charge >= 0.3 is 5.97 Å². The Balaban J connectivity index is 1.92. The number of ether oxygens (including phenoxy) is 3. The molecule has 1 aromatic rings. The van der Waals surface area contributed by atoms with E-state index in [1.54, 1.807) is 6.20 Å². The largest absolute Gasteiger partial charge is 0.465 e. The van der Waals surface area contributed by atoms with Crippen LogP contribution in [-0.2, 0) is 14.2 Å². The molecule has 2 aliphatic rings. The van der Waals surface area contributed by atoms with Crippen molar-refractivity contribution >= 4 is 11.9 Å². The molecule has 0 N–H and O–H groups in total. The van der Waals surface area contributed by atoms with Crippen LogP contribution in [0.15, 0.2) is 6.20 Å². The predicted octanol–water partition coefficient (Wildman–Crippen LogP) is 1.73. The van der Waals surface area contributed by atoms with Crippen molar-refractivity contribution in [2.75, 3.05) is 31.7 Å². The van der Waals surface area contributed by atoms with Crippen molar-refractivity contribution in [3.63, 3.8) is 0 Å². The van der Waals surface area contributed by atoms with E-state index in [2.05, 4.69) is 14.9 Å². The first-order chi connectivity index (χ1) is 11.1. The number of morpholine rings is 1. The Bertz CT molecular complexity index is 564. The fraction of sp³-hybridized carbons (Fsp3) is 0.688. The molecule has 0 radical (unpaired) electrons. The number of anilines is 1. The zero-order valence-corrected chi connectivity index (χ0v) is 13.8. The van der Waals surface area contributed by atoms with Gasteiger partial charge in [0.15, 0.2) is 0 Å². The number of methoxy groups -OCH3 is 1. The third-order valence-electron chi connectivity index (χ3n) is 4.15. The summed E-state index contributed by atoms with van der Waals surface area (Å²) in [5, 5.41) is 0. The Hall–Kier alpha value is -1.73. The number of hydrogen-bond acceptors (Lipinski definition) is 7. The van der Waals surface area contributed by atoms with Crippen molar-refractivity contribution in [3.05, 3.63) is 17.5 Å². The second-order valence-corrected chi connectivity index (χ2v) is 6.12. The van der Waals surface area contributed by atoms with Crippen molar-refractivity contribution in [1.29, 1.82) is 0 Å². The van der Waals surface area contributed by atoms with Gasteiger partial charge in [0.1, 0.15) is 11.7 Å². The maximum Gasteiger partial charge on any atom is 0.341 e. The summed E-state index contributed by atoms with van der Waals surface area (Å²) in [6, 6.07) is 0. The Morgan fingerprint density at radius 3 is 2.70 bits per heavy atom. The van der Waals surface area contributed by atoms with E-state index in [0.29, 0.717) is 23.8 Å². The van der Waals surface area contributed by atoms with Crippen LogP contribution in [0.5, 0.6) is 0 Å². The molecular weight excluding hydrogens is 298 g/mol. The highest BCUT2D eigenvalue weighted by atomic mass is 16.5. The van der Waals surface area contributed by atoms with Crippen LogP contribution in [0.4, 0.5) is 5.95 Å². The highest BCUT2D eigenvalue weighted by Gasteiger charge is 2.29. The van der Waals surface area contributed by atoms with Gasteiger partial charge in [-0.2, -0.15) is 0 Å². The summed E-state index contributed by atoms with van der Waals surface area (Å²) >= 11 is 0. The second kappa shape index (κ2) is 6.80. The lowest BCUT2D eigenvalue weighted by Crippen LogP contribution is -2.46. The Morgan fingerprint density at radius 1 is 1.35 bits per heavy atom. The first kappa shape index (κ1) is 16.1. The first-order valence-corrected chi connectivity index (χ1v) is 8.05. The average molecular weight is 321 g/mol. The summed E-state index contributed by atoms with van der Waals surface area (Å²) in [6.07, 6.45) is 3.45. The molecule has 126 valence electrons. The van der Waals surface area contributed by atoms with Crippen LogP contribution in [0, 0.1) is 0 Å². The zero-order valence-electron chi connectivity index (χ0n) is 13.8. The van der Waals surface area contributed by atoms with Gasteiger partial charge in [0.05, 0.1) is 25.0 Å². The lowest BCUT2D eigenvalue weighted by Gasteiger charge is -2.35. The molecule has 3 heterocycles. The minimum absolute atomic E-state index is 0.119. The predicted molar refractivity (Wildman–Crippen MR) is 83.5 cm³/mol. The molecule has 2 saturated heterocycles. The average Bonchev–Trinajstić information content (AvgIpc) is 3.07. The van der Waals surface area contributed by atoms with Crippen molar-refractivity contribution in [1.82, 2.24) is 9.97 Å². The van der Waals surface area contributed by atoms with E-state index in [1.165, 1.54) is 7.11 Å². The van der Waals surface area contributed by atoms with Gasteiger partial charge < -0.3 is 19.1 Å². The van der Waals surface area contributed by atoms with Crippen LogP contribution in [-0.4, -0.2) is 55.0 Å². The minimum atomic E-state index is -0.425. The molecule has 0 aliphatic carbocycles. The lowest BCUT2D eigenvalue weighted by atomic mass is 10.1. The smallest absolute Gasteiger partial charge is 0.341 e. The Morgan fingerprint density at radius 2 is 2.09 bits per heavy atom. The first-order valence-electron chi connectivity index (χ1n) is 8.05. The Kier molecular flexibility index (Phi) is 4.77. The highest BCUT2D eigenvalue weighted by molar-refractivity contribution is 5.90. The van der Waals surface area contributed by atoms with E-state index in [-0.39, 0.29) is 18.3 Å². The molecule has 2 fully saturated rings. The van der Waals surface area contributed by atoms with Gasteiger partial charge in [-0.3, -0.25) is 0 Å². The molecule has 1 aromatic heterocycles. The standard InChI is InChI=1S/C16H23N3O4/c1-10-8-19(9-11(2)23-10)16-17-7-12(15(20)21-3)14(18-16)13-5-4-6-22-13/h7,10-11,13H,4-6,8-9H2,1-3H3. The summed E-state index contributed by atoms with van der Waals surface area (Å²) in [5.74, 6) is 0.191. The molecule has 3 atom stereocenters. The molecule has 3 unspecified atom stereocenters. The summed E-state index contributed by atoms with van der Waals surface area (Å²) in [5.41, 5.74) is 1.02. The van der Waals surface area contributed by atoms with Gasteiger partial charge in [-0.1, -0.05) is 0 Å². The van der Waals surface area contributed by atoms with Gasteiger partial charge in [0, 0.05) is 25.9 Å². The van der Waals surface area contributed by atoms with Crippen molar-refractivity contribution in [3.8, 4) is 0 Å². The molecule has 2 aliphatic heterocycles. The zero-order chi connectivity index (χ0) is 16.4. The monoisotopic (exact) mass is 321 g/mol. The second-order valence-electron chi connectivity index (χ2n) is 6.12. The molecule has 0 bridgehead atoms. The molecule has 0 saturated carbocycles. The van der Waals surface area contributed by atoms with E-state index < -0.39 is 5.97 Å². The summed E-state index contributed by atoms with van der Waals surface area (Å²) in [4.78, 5) is 23.1. The molecule has 0 amide bonds. The molecule has 3 rings (SSSR count). The number of esters is 1. The van der Waals surface area contributed by atoms with Crippen LogP contribution in [0.2, 0.25) is 0 Å². The fourth-order valence-electron chi connectivity index (χ4n) is 3.18. The molecular formula is C16H23N3O4. The highest BCUT2D eigenvalue weighted by Crippen LogP contribution is 2.31. The maximum atomic E-state index is 12.0. The van der Waals surface area contributed by atoms with Crippen LogP contribution in [0.25, 0.3) is 0 Å². The van der Waals surface area contributed by atoms with E-state index in [4.69, 9.17) is 14.2 Å². The van der Waals surface area contributed by atoms with Crippen molar-refractivity contribution in [2.24, 2.45) is 0 Å². The number of carbonyl (C=O) groups excluding carboxylic acids is 1. The Labute approximate surface area is 136 Å². The number of nitrogens with zero attached hydrogens (tertiary/aromatic N) is 3. The minimum Gasteiger partial charge on any atom is -0.465 e.